The Morgan fingerprint density at radius 1 is 1.52 bits per heavy atom. The van der Waals surface area contributed by atoms with E-state index in [4.69, 9.17) is 15.0 Å². The zero-order valence-electron chi connectivity index (χ0n) is 12.0. The summed E-state index contributed by atoms with van der Waals surface area (Å²) in [5, 5.41) is 3.75. The Kier molecular flexibility index (Phi) is 5.60. The van der Waals surface area contributed by atoms with Gasteiger partial charge in [0.05, 0.1) is 18.3 Å². The molecule has 0 N–H and O–H groups in total. The van der Waals surface area contributed by atoms with Crippen LogP contribution in [0.4, 0.5) is 0 Å². The number of hydrogen-bond donors (Lipinski definition) is 0. The lowest BCUT2D eigenvalue weighted by atomic mass is 9.95. The summed E-state index contributed by atoms with van der Waals surface area (Å²) in [6, 6.07) is 8.87. The van der Waals surface area contributed by atoms with Crippen LogP contribution in [0.3, 0.4) is 0 Å². The van der Waals surface area contributed by atoms with E-state index < -0.39 is 0 Å². The molecule has 1 saturated heterocycles. The number of hydrogen-bond acceptors (Lipinski definition) is 4. The van der Waals surface area contributed by atoms with Crippen molar-refractivity contribution in [1.29, 1.82) is 0 Å². The number of ether oxygens (including phenoxy) is 2. The number of carbonyl (C=O) groups excluding carboxylic acids is 1. The lowest BCUT2D eigenvalue weighted by Gasteiger charge is -2.31. The van der Waals surface area contributed by atoms with Gasteiger partial charge in [-0.15, -0.1) is 0 Å². The predicted molar refractivity (Wildman–Crippen MR) is 77.8 cm³/mol. The Balaban J connectivity index is 1.82. The number of rotatable bonds is 5. The highest BCUT2D eigenvalue weighted by Crippen LogP contribution is 2.23. The second-order valence-corrected chi connectivity index (χ2v) is 5.23. The van der Waals surface area contributed by atoms with E-state index >= 15 is 0 Å². The summed E-state index contributed by atoms with van der Waals surface area (Å²) in [4.78, 5) is 14.7. The molecule has 3 unspecified atom stereocenters. The molecule has 3 atom stereocenters. The van der Waals surface area contributed by atoms with E-state index in [1.807, 2.05) is 13.0 Å². The maximum absolute atomic E-state index is 11.9. The Labute approximate surface area is 123 Å². The van der Waals surface area contributed by atoms with Gasteiger partial charge in [-0.2, -0.15) is 0 Å². The molecule has 0 radical (unpaired) electrons. The molecule has 6 heteroatoms. The number of esters is 1. The van der Waals surface area contributed by atoms with Crippen molar-refractivity contribution in [1.82, 2.24) is 0 Å². The molecule has 1 heterocycles. The SMILES string of the molecule is CC(COC(=O)c1ccccc1)C1CC(N=[N+]=[N-])CCO1. The van der Waals surface area contributed by atoms with Gasteiger partial charge in [-0.25, -0.2) is 4.79 Å². The van der Waals surface area contributed by atoms with Crippen molar-refractivity contribution in [2.24, 2.45) is 11.0 Å². The zero-order valence-corrected chi connectivity index (χ0v) is 12.0. The summed E-state index contributed by atoms with van der Waals surface area (Å²) >= 11 is 0. The van der Waals surface area contributed by atoms with Gasteiger partial charge in [0.2, 0.25) is 0 Å². The minimum Gasteiger partial charge on any atom is -0.462 e. The summed E-state index contributed by atoms with van der Waals surface area (Å²) in [5.41, 5.74) is 9.04. The summed E-state index contributed by atoms with van der Waals surface area (Å²) in [6.45, 7) is 2.84. The topological polar surface area (TPSA) is 84.3 Å². The van der Waals surface area contributed by atoms with Crippen LogP contribution in [0.5, 0.6) is 0 Å². The fourth-order valence-corrected chi connectivity index (χ4v) is 2.36. The standard InChI is InChI=1S/C15H19N3O3/c1-11(14-9-13(17-18-16)7-8-20-14)10-21-15(19)12-5-3-2-4-6-12/h2-6,11,13-14H,7-10H2,1H3. The molecular weight excluding hydrogens is 270 g/mol. The van der Waals surface area contributed by atoms with Crippen LogP contribution >= 0.6 is 0 Å². The predicted octanol–water partition coefficient (Wildman–Crippen LogP) is 3.34. The van der Waals surface area contributed by atoms with E-state index in [0.717, 1.165) is 6.42 Å². The smallest absolute Gasteiger partial charge is 0.338 e. The largest absolute Gasteiger partial charge is 0.462 e. The Morgan fingerprint density at radius 2 is 2.29 bits per heavy atom. The fraction of sp³-hybridized carbons (Fsp3) is 0.533. The molecule has 1 fully saturated rings. The second-order valence-electron chi connectivity index (χ2n) is 5.23. The van der Waals surface area contributed by atoms with Crippen LogP contribution < -0.4 is 0 Å². The molecule has 1 aromatic carbocycles. The van der Waals surface area contributed by atoms with E-state index in [0.29, 0.717) is 25.2 Å². The molecule has 1 aliphatic rings. The molecule has 0 spiro atoms. The molecule has 6 nitrogen and oxygen atoms in total. The summed E-state index contributed by atoms with van der Waals surface area (Å²) in [5.74, 6) is -0.265. The maximum Gasteiger partial charge on any atom is 0.338 e. The third-order valence-electron chi connectivity index (χ3n) is 3.62. The minimum absolute atomic E-state index is 0.0268. The van der Waals surface area contributed by atoms with Crippen molar-refractivity contribution in [2.75, 3.05) is 13.2 Å². The van der Waals surface area contributed by atoms with Crippen LogP contribution in [0.1, 0.15) is 30.1 Å². The number of azide groups is 1. The first kappa shape index (κ1) is 15.4. The third kappa shape index (κ3) is 4.48. The molecule has 2 rings (SSSR count). The molecule has 0 amide bonds. The zero-order chi connectivity index (χ0) is 15.1. The first-order valence-corrected chi connectivity index (χ1v) is 7.08. The number of benzene rings is 1. The molecule has 21 heavy (non-hydrogen) atoms. The van der Waals surface area contributed by atoms with Crippen LogP contribution in [-0.4, -0.2) is 31.3 Å². The molecule has 112 valence electrons. The van der Waals surface area contributed by atoms with E-state index in [2.05, 4.69) is 10.0 Å². The summed E-state index contributed by atoms with van der Waals surface area (Å²) < 4.78 is 11.0. The lowest BCUT2D eigenvalue weighted by Crippen LogP contribution is -2.35. The van der Waals surface area contributed by atoms with Gasteiger partial charge >= 0.3 is 5.97 Å². The van der Waals surface area contributed by atoms with Gasteiger partial charge < -0.3 is 9.47 Å². The molecule has 1 aromatic rings. The van der Waals surface area contributed by atoms with Crippen molar-refractivity contribution in [3.63, 3.8) is 0 Å². The fourth-order valence-electron chi connectivity index (χ4n) is 2.36. The van der Waals surface area contributed by atoms with E-state index in [9.17, 15) is 4.79 Å². The van der Waals surface area contributed by atoms with Crippen LogP contribution in [0.15, 0.2) is 35.4 Å². The van der Waals surface area contributed by atoms with Gasteiger partial charge in [0.1, 0.15) is 0 Å². The van der Waals surface area contributed by atoms with Gasteiger partial charge in [-0.05, 0) is 30.5 Å². The highest BCUT2D eigenvalue weighted by atomic mass is 16.5. The second kappa shape index (κ2) is 7.67. The highest BCUT2D eigenvalue weighted by Gasteiger charge is 2.27. The average molecular weight is 289 g/mol. The normalized spacial score (nSPS) is 22.9. The van der Waals surface area contributed by atoms with Gasteiger partial charge in [0.15, 0.2) is 0 Å². The third-order valence-corrected chi connectivity index (χ3v) is 3.62. The monoisotopic (exact) mass is 289 g/mol. The van der Waals surface area contributed by atoms with Crippen LogP contribution in [0.25, 0.3) is 10.4 Å². The van der Waals surface area contributed by atoms with Gasteiger partial charge in [0, 0.05) is 23.5 Å². The lowest BCUT2D eigenvalue weighted by molar-refractivity contribution is -0.0407. The van der Waals surface area contributed by atoms with Gasteiger partial charge in [-0.3, -0.25) is 0 Å². The average Bonchev–Trinajstić information content (AvgIpc) is 2.53. The van der Waals surface area contributed by atoms with Crippen LogP contribution in [0, 0.1) is 5.92 Å². The Bertz CT molecular complexity index is 514. The van der Waals surface area contributed by atoms with Crippen LogP contribution in [-0.2, 0) is 9.47 Å². The highest BCUT2D eigenvalue weighted by molar-refractivity contribution is 5.89. The van der Waals surface area contributed by atoms with Crippen molar-refractivity contribution in [3.05, 3.63) is 46.3 Å². The molecule has 0 bridgehead atoms. The van der Waals surface area contributed by atoms with Crippen molar-refractivity contribution in [2.45, 2.75) is 31.9 Å². The van der Waals surface area contributed by atoms with E-state index in [1.165, 1.54) is 0 Å². The summed E-state index contributed by atoms with van der Waals surface area (Å²) in [7, 11) is 0. The molecule has 0 aliphatic carbocycles. The minimum atomic E-state index is -0.329. The van der Waals surface area contributed by atoms with Crippen molar-refractivity contribution < 1.29 is 14.3 Å². The van der Waals surface area contributed by atoms with Crippen LogP contribution in [0.2, 0.25) is 0 Å². The first-order valence-electron chi connectivity index (χ1n) is 7.08. The van der Waals surface area contributed by atoms with Gasteiger partial charge in [-0.1, -0.05) is 30.2 Å². The quantitative estimate of drug-likeness (QED) is 0.360. The molecule has 1 aliphatic heterocycles. The van der Waals surface area contributed by atoms with Crippen molar-refractivity contribution in [3.8, 4) is 0 Å². The molecule has 0 saturated carbocycles. The summed E-state index contributed by atoms with van der Waals surface area (Å²) in [6.07, 6.45) is 1.38. The van der Waals surface area contributed by atoms with E-state index in [-0.39, 0.29) is 24.0 Å². The van der Waals surface area contributed by atoms with Gasteiger partial charge in [0.25, 0.3) is 0 Å². The Hall–Kier alpha value is -2.04. The molecular formula is C15H19N3O3. The maximum atomic E-state index is 11.9. The van der Waals surface area contributed by atoms with Crippen molar-refractivity contribution >= 4 is 5.97 Å². The number of nitrogens with zero attached hydrogens (tertiary/aromatic N) is 3. The Morgan fingerprint density at radius 3 is 3.00 bits per heavy atom. The van der Waals surface area contributed by atoms with E-state index in [1.54, 1.807) is 24.3 Å². The first-order chi connectivity index (χ1) is 10.2. The molecule has 0 aromatic heterocycles. The number of carbonyl (C=O) groups is 1.